The van der Waals surface area contributed by atoms with Gasteiger partial charge in [-0.1, -0.05) is 22.4 Å². The lowest BCUT2D eigenvalue weighted by Gasteiger charge is -2.32. The molecule has 0 heterocycles. The van der Waals surface area contributed by atoms with Crippen LogP contribution in [-0.2, 0) is 14.3 Å². The third-order valence-corrected chi connectivity index (χ3v) is 3.38. The summed E-state index contributed by atoms with van der Waals surface area (Å²) < 4.78 is 5.03. The molecular formula is C11H17BrO3. The van der Waals surface area contributed by atoms with Gasteiger partial charge in [0, 0.05) is 11.8 Å². The molecule has 15 heavy (non-hydrogen) atoms. The highest BCUT2D eigenvalue weighted by atomic mass is 79.9. The molecule has 0 radical (unpaired) electrons. The number of ether oxygens (including phenoxy) is 1. The molecule has 1 unspecified atom stereocenters. The number of esters is 1. The van der Waals surface area contributed by atoms with Crippen molar-refractivity contribution in [2.75, 3.05) is 11.9 Å². The first-order valence-electron chi connectivity index (χ1n) is 5.44. The third-order valence-electron chi connectivity index (χ3n) is 2.98. The van der Waals surface area contributed by atoms with E-state index in [-0.39, 0.29) is 11.8 Å². The minimum atomic E-state index is -0.849. The van der Waals surface area contributed by atoms with Gasteiger partial charge in [0.05, 0.1) is 6.61 Å². The monoisotopic (exact) mass is 276 g/mol. The number of ketones is 1. The molecule has 0 amide bonds. The summed E-state index contributed by atoms with van der Waals surface area (Å²) in [5, 5.41) is 0.664. The summed E-state index contributed by atoms with van der Waals surface area (Å²) in [6, 6.07) is 0. The highest BCUT2D eigenvalue weighted by molar-refractivity contribution is 9.09. The third kappa shape index (κ3) is 2.60. The topological polar surface area (TPSA) is 43.4 Å². The fourth-order valence-corrected chi connectivity index (χ4v) is 2.78. The Hall–Kier alpha value is -0.380. The summed E-state index contributed by atoms with van der Waals surface area (Å²) in [4.78, 5) is 23.8. The first kappa shape index (κ1) is 12.7. The van der Waals surface area contributed by atoms with E-state index < -0.39 is 5.41 Å². The van der Waals surface area contributed by atoms with Gasteiger partial charge in [-0.2, -0.15) is 0 Å². The lowest BCUT2D eigenvalue weighted by molar-refractivity contribution is -0.162. The lowest BCUT2D eigenvalue weighted by Crippen LogP contribution is -2.43. The molecule has 86 valence electrons. The Morgan fingerprint density at radius 2 is 2.27 bits per heavy atom. The Morgan fingerprint density at radius 3 is 2.80 bits per heavy atom. The molecule has 0 bridgehead atoms. The fourth-order valence-electron chi connectivity index (χ4n) is 2.10. The minimum absolute atomic E-state index is 0.0617. The molecule has 1 aliphatic rings. The molecule has 4 heteroatoms. The van der Waals surface area contributed by atoms with Crippen LogP contribution in [-0.4, -0.2) is 23.7 Å². The Labute approximate surface area is 98.7 Å². The zero-order chi connectivity index (χ0) is 11.3. The summed E-state index contributed by atoms with van der Waals surface area (Å²) >= 11 is 3.31. The van der Waals surface area contributed by atoms with Crippen LogP contribution >= 0.6 is 15.9 Å². The van der Waals surface area contributed by atoms with Crippen molar-refractivity contribution in [2.24, 2.45) is 5.41 Å². The second kappa shape index (κ2) is 5.64. The maximum atomic E-state index is 11.9. The van der Waals surface area contributed by atoms with Crippen LogP contribution in [0.2, 0.25) is 0 Å². The largest absolute Gasteiger partial charge is 0.465 e. The van der Waals surface area contributed by atoms with Gasteiger partial charge in [0.25, 0.3) is 0 Å². The standard InChI is InChI=1S/C11H17BrO3/c1-2-15-10(14)11(7-8-12)6-4-3-5-9(11)13/h2-8H2,1H3. The van der Waals surface area contributed by atoms with Gasteiger partial charge in [0.15, 0.2) is 0 Å². The van der Waals surface area contributed by atoms with Crippen LogP contribution in [0.25, 0.3) is 0 Å². The maximum Gasteiger partial charge on any atom is 0.319 e. The number of carbonyl (C=O) groups excluding carboxylic acids is 2. The highest BCUT2D eigenvalue weighted by Gasteiger charge is 2.46. The van der Waals surface area contributed by atoms with Crippen LogP contribution in [0.15, 0.2) is 0 Å². The average molecular weight is 277 g/mol. The predicted molar refractivity (Wildman–Crippen MR) is 61.0 cm³/mol. The summed E-state index contributed by atoms with van der Waals surface area (Å²) in [5.41, 5.74) is -0.849. The van der Waals surface area contributed by atoms with Crippen molar-refractivity contribution in [3.63, 3.8) is 0 Å². The number of alkyl halides is 1. The van der Waals surface area contributed by atoms with Crippen molar-refractivity contribution in [3.8, 4) is 0 Å². The first-order chi connectivity index (χ1) is 7.17. The molecule has 3 nitrogen and oxygen atoms in total. The SMILES string of the molecule is CCOC(=O)C1(CCBr)CCCCC1=O. The number of rotatable bonds is 4. The zero-order valence-electron chi connectivity index (χ0n) is 9.05. The van der Waals surface area contributed by atoms with Crippen LogP contribution < -0.4 is 0 Å². The summed E-state index contributed by atoms with van der Waals surface area (Å²) in [5.74, 6) is -0.263. The van der Waals surface area contributed by atoms with Gasteiger partial charge in [-0.25, -0.2) is 0 Å². The van der Waals surface area contributed by atoms with Crippen LogP contribution in [0, 0.1) is 5.41 Å². The lowest BCUT2D eigenvalue weighted by atomic mass is 9.71. The average Bonchev–Trinajstić information content (AvgIpc) is 2.22. The Balaban J connectivity index is 2.84. The zero-order valence-corrected chi connectivity index (χ0v) is 10.6. The normalized spacial score (nSPS) is 26.4. The van der Waals surface area contributed by atoms with Gasteiger partial charge in [0.2, 0.25) is 0 Å². The van der Waals surface area contributed by atoms with Crippen LogP contribution in [0.4, 0.5) is 0 Å². The molecule has 1 atom stereocenters. The van der Waals surface area contributed by atoms with E-state index in [1.54, 1.807) is 6.92 Å². The number of carbonyl (C=O) groups is 2. The highest BCUT2D eigenvalue weighted by Crippen LogP contribution is 2.38. The predicted octanol–water partition coefficient (Wildman–Crippen LogP) is 2.46. The van der Waals surface area contributed by atoms with E-state index in [9.17, 15) is 9.59 Å². The number of hydrogen-bond acceptors (Lipinski definition) is 3. The van der Waals surface area contributed by atoms with Crippen LogP contribution in [0.3, 0.4) is 0 Å². The second-order valence-corrected chi connectivity index (χ2v) is 4.66. The van der Waals surface area contributed by atoms with Crippen molar-refractivity contribution in [1.82, 2.24) is 0 Å². The molecule has 0 aromatic rings. The first-order valence-corrected chi connectivity index (χ1v) is 6.56. The van der Waals surface area contributed by atoms with E-state index in [0.717, 1.165) is 12.8 Å². The van der Waals surface area contributed by atoms with Crippen LogP contribution in [0.1, 0.15) is 39.0 Å². The summed E-state index contributed by atoms with van der Waals surface area (Å²) in [7, 11) is 0. The summed E-state index contributed by atoms with van der Waals surface area (Å²) in [6.07, 6.45) is 3.58. The smallest absolute Gasteiger partial charge is 0.319 e. The van der Waals surface area contributed by atoms with Crippen LogP contribution in [0.5, 0.6) is 0 Å². The maximum absolute atomic E-state index is 11.9. The van der Waals surface area contributed by atoms with Crippen molar-refractivity contribution in [3.05, 3.63) is 0 Å². The van der Waals surface area contributed by atoms with Crippen molar-refractivity contribution >= 4 is 27.7 Å². The molecule has 0 spiro atoms. The van der Waals surface area contributed by atoms with Crippen molar-refractivity contribution in [1.29, 1.82) is 0 Å². The Morgan fingerprint density at radius 1 is 1.53 bits per heavy atom. The van der Waals surface area contributed by atoms with E-state index in [4.69, 9.17) is 4.74 Å². The molecule has 1 aliphatic carbocycles. The van der Waals surface area contributed by atoms with Crippen molar-refractivity contribution < 1.29 is 14.3 Å². The molecule has 1 fully saturated rings. The molecule has 0 N–H and O–H groups in total. The molecule has 0 saturated heterocycles. The summed E-state index contributed by atoms with van der Waals surface area (Å²) in [6.45, 7) is 2.11. The molecule has 0 aromatic carbocycles. The fraction of sp³-hybridized carbons (Fsp3) is 0.818. The number of halogens is 1. The van der Waals surface area contributed by atoms with Gasteiger partial charge in [0.1, 0.15) is 11.2 Å². The molecular weight excluding hydrogens is 260 g/mol. The van der Waals surface area contributed by atoms with Gasteiger partial charge >= 0.3 is 5.97 Å². The molecule has 1 rings (SSSR count). The minimum Gasteiger partial charge on any atom is -0.465 e. The van der Waals surface area contributed by atoms with Gasteiger partial charge in [-0.05, 0) is 26.2 Å². The Bertz CT molecular complexity index is 248. The quantitative estimate of drug-likeness (QED) is 0.450. The second-order valence-electron chi connectivity index (χ2n) is 3.87. The van der Waals surface area contributed by atoms with E-state index >= 15 is 0 Å². The Kier molecular flexibility index (Phi) is 4.77. The van der Waals surface area contributed by atoms with E-state index in [2.05, 4.69) is 15.9 Å². The van der Waals surface area contributed by atoms with E-state index in [1.165, 1.54) is 0 Å². The number of Topliss-reactive ketones (excluding diaryl/α,β-unsaturated/α-hetero) is 1. The molecule has 0 aromatic heterocycles. The molecule has 1 saturated carbocycles. The van der Waals surface area contributed by atoms with Crippen molar-refractivity contribution in [2.45, 2.75) is 39.0 Å². The van der Waals surface area contributed by atoms with Gasteiger partial charge in [-0.15, -0.1) is 0 Å². The van der Waals surface area contributed by atoms with E-state index in [0.29, 0.717) is 31.2 Å². The molecule has 0 aliphatic heterocycles. The van der Waals surface area contributed by atoms with Gasteiger partial charge in [-0.3, -0.25) is 9.59 Å². The number of hydrogen-bond donors (Lipinski definition) is 0. The van der Waals surface area contributed by atoms with Gasteiger partial charge < -0.3 is 4.74 Å². The van der Waals surface area contributed by atoms with E-state index in [1.807, 2.05) is 0 Å².